The molecule has 3 aromatic rings. The lowest BCUT2D eigenvalue weighted by atomic mass is 10.1. The quantitative estimate of drug-likeness (QED) is 0.480. The van der Waals surface area contributed by atoms with Gasteiger partial charge in [0.2, 0.25) is 5.78 Å². The Morgan fingerprint density at radius 3 is 2.65 bits per heavy atom. The second-order valence-corrected chi connectivity index (χ2v) is 5.75. The van der Waals surface area contributed by atoms with Crippen molar-refractivity contribution in [2.75, 3.05) is 7.11 Å². The van der Waals surface area contributed by atoms with Crippen LogP contribution in [-0.2, 0) is 13.7 Å². The zero-order valence-corrected chi connectivity index (χ0v) is 14.8. The minimum absolute atomic E-state index is 0.136. The number of rotatable bonds is 7. The molecule has 1 heterocycles. The highest BCUT2D eigenvalue weighted by molar-refractivity contribution is 6.05. The van der Waals surface area contributed by atoms with E-state index in [-0.39, 0.29) is 5.78 Å². The van der Waals surface area contributed by atoms with Crippen molar-refractivity contribution in [1.29, 1.82) is 0 Å². The van der Waals surface area contributed by atoms with Crippen LogP contribution in [0, 0.1) is 0 Å². The third-order valence-electron chi connectivity index (χ3n) is 3.84. The number of benzene rings is 2. The Balaban J connectivity index is 1.74. The summed E-state index contributed by atoms with van der Waals surface area (Å²) in [4.78, 5) is 12.1. The van der Waals surface area contributed by atoms with Crippen molar-refractivity contribution in [3.05, 3.63) is 83.7 Å². The Bertz CT molecular complexity index is 914. The number of methoxy groups -OCH3 is 1. The highest BCUT2D eigenvalue weighted by atomic mass is 16.5. The molecule has 0 amide bonds. The first kappa shape index (κ1) is 17.5. The number of carbonyl (C=O) groups excluding carboxylic acids is 1. The van der Waals surface area contributed by atoms with E-state index in [1.54, 1.807) is 37.2 Å². The standard InChI is InChI=1S/C21H20N2O3/c1-23-13-12-19(22-23)20(24)10-8-16-9-11-21(25-2)17(14-16)15-26-18-6-4-3-5-7-18/h3-14H,15H2,1-2H3/b10-8+. The van der Waals surface area contributed by atoms with Gasteiger partial charge in [-0.2, -0.15) is 5.10 Å². The summed E-state index contributed by atoms with van der Waals surface area (Å²) in [7, 11) is 3.41. The third kappa shape index (κ3) is 4.39. The van der Waals surface area contributed by atoms with E-state index in [4.69, 9.17) is 9.47 Å². The van der Waals surface area contributed by atoms with E-state index >= 15 is 0 Å². The molecule has 132 valence electrons. The van der Waals surface area contributed by atoms with Gasteiger partial charge in [-0.05, 0) is 42.0 Å². The lowest BCUT2D eigenvalue weighted by Crippen LogP contribution is -2.00. The average Bonchev–Trinajstić information content (AvgIpc) is 3.12. The molecule has 0 saturated heterocycles. The molecule has 0 unspecified atom stereocenters. The van der Waals surface area contributed by atoms with Gasteiger partial charge in [-0.15, -0.1) is 0 Å². The largest absolute Gasteiger partial charge is 0.496 e. The molecule has 0 spiro atoms. The maximum Gasteiger partial charge on any atom is 0.206 e. The number of nitrogens with zero attached hydrogens (tertiary/aromatic N) is 2. The average molecular weight is 348 g/mol. The molecule has 0 aliphatic carbocycles. The van der Waals surface area contributed by atoms with E-state index in [0.29, 0.717) is 12.3 Å². The van der Waals surface area contributed by atoms with Gasteiger partial charge in [0.25, 0.3) is 0 Å². The lowest BCUT2D eigenvalue weighted by Gasteiger charge is -2.11. The third-order valence-corrected chi connectivity index (χ3v) is 3.84. The number of aryl methyl sites for hydroxylation is 1. The molecule has 0 N–H and O–H groups in total. The van der Waals surface area contributed by atoms with Crippen molar-refractivity contribution in [3.8, 4) is 11.5 Å². The van der Waals surface area contributed by atoms with E-state index in [0.717, 1.165) is 22.6 Å². The van der Waals surface area contributed by atoms with E-state index in [9.17, 15) is 4.79 Å². The predicted octanol–water partition coefficient (Wildman–Crippen LogP) is 3.90. The summed E-state index contributed by atoms with van der Waals surface area (Å²) in [5.74, 6) is 1.40. The molecule has 0 aliphatic rings. The van der Waals surface area contributed by atoms with Crippen LogP contribution in [0.5, 0.6) is 11.5 Å². The number of para-hydroxylation sites is 1. The Morgan fingerprint density at radius 1 is 1.15 bits per heavy atom. The Hall–Kier alpha value is -3.34. The van der Waals surface area contributed by atoms with Crippen LogP contribution in [0.4, 0.5) is 0 Å². The molecule has 0 radical (unpaired) electrons. The second kappa shape index (κ2) is 8.16. The van der Waals surface area contributed by atoms with Crippen LogP contribution in [0.25, 0.3) is 6.08 Å². The van der Waals surface area contributed by atoms with Gasteiger partial charge in [-0.1, -0.05) is 30.3 Å². The van der Waals surface area contributed by atoms with Crippen molar-refractivity contribution in [1.82, 2.24) is 9.78 Å². The van der Waals surface area contributed by atoms with Crippen LogP contribution in [0.2, 0.25) is 0 Å². The van der Waals surface area contributed by atoms with Gasteiger partial charge in [0.05, 0.1) is 7.11 Å². The fourth-order valence-corrected chi connectivity index (χ4v) is 2.50. The highest BCUT2D eigenvalue weighted by Crippen LogP contribution is 2.23. The van der Waals surface area contributed by atoms with Gasteiger partial charge < -0.3 is 9.47 Å². The van der Waals surface area contributed by atoms with Gasteiger partial charge in [0.1, 0.15) is 23.8 Å². The number of ether oxygens (including phenoxy) is 2. The van der Waals surface area contributed by atoms with Crippen LogP contribution in [-0.4, -0.2) is 22.7 Å². The van der Waals surface area contributed by atoms with E-state index in [2.05, 4.69) is 5.10 Å². The number of hydrogen-bond acceptors (Lipinski definition) is 4. The number of aromatic nitrogens is 2. The highest BCUT2D eigenvalue weighted by Gasteiger charge is 2.07. The molecule has 2 aromatic carbocycles. The topological polar surface area (TPSA) is 53.4 Å². The molecule has 0 saturated carbocycles. The minimum Gasteiger partial charge on any atom is -0.496 e. The van der Waals surface area contributed by atoms with Gasteiger partial charge >= 0.3 is 0 Å². The molecular formula is C21H20N2O3. The summed E-state index contributed by atoms with van der Waals surface area (Å²) in [6, 6.07) is 17.0. The molecular weight excluding hydrogens is 328 g/mol. The molecule has 26 heavy (non-hydrogen) atoms. The summed E-state index contributed by atoms with van der Waals surface area (Å²) >= 11 is 0. The van der Waals surface area contributed by atoms with Gasteiger partial charge in [0, 0.05) is 18.8 Å². The second-order valence-electron chi connectivity index (χ2n) is 5.75. The number of ketones is 1. The monoisotopic (exact) mass is 348 g/mol. The summed E-state index contributed by atoms with van der Waals surface area (Å²) in [5.41, 5.74) is 2.22. The number of carbonyl (C=O) groups is 1. The first-order valence-electron chi connectivity index (χ1n) is 8.22. The molecule has 0 bridgehead atoms. The zero-order valence-electron chi connectivity index (χ0n) is 14.8. The molecule has 5 heteroatoms. The van der Waals surface area contributed by atoms with E-state index < -0.39 is 0 Å². The van der Waals surface area contributed by atoms with Crippen molar-refractivity contribution >= 4 is 11.9 Å². The van der Waals surface area contributed by atoms with Gasteiger partial charge in [0.15, 0.2) is 0 Å². The van der Waals surface area contributed by atoms with Crippen molar-refractivity contribution in [3.63, 3.8) is 0 Å². The van der Waals surface area contributed by atoms with Crippen LogP contribution in [0.1, 0.15) is 21.6 Å². The van der Waals surface area contributed by atoms with Gasteiger partial charge in [-0.3, -0.25) is 9.48 Å². The predicted molar refractivity (Wildman–Crippen MR) is 100 cm³/mol. The molecule has 1 aromatic heterocycles. The summed E-state index contributed by atoms with van der Waals surface area (Å²) in [5, 5.41) is 4.11. The first-order valence-corrected chi connectivity index (χ1v) is 8.22. The Labute approximate surface area is 152 Å². The zero-order chi connectivity index (χ0) is 18.4. The van der Waals surface area contributed by atoms with E-state index in [1.807, 2.05) is 48.5 Å². The van der Waals surface area contributed by atoms with Crippen LogP contribution in [0.15, 0.2) is 66.9 Å². The molecule has 0 fully saturated rings. The SMILES string of the molecule is COc1ccc(/C=C/C(=O)c2ccn(C)n2)cc1COc1ccccc1. The molecule has 0 atom stereocenters. The van der Waals surface area contributed by atoms with Crippen LogP contribution in [0.3, 0.4) is 0 Å². The number of hydrogen-bond donors (Lipinski definition) is 0. The summed E-state index contributed by atoms with van der Waals surface area (Å²) in [6.07, 6.45) is 5.03. The van der Waals surface area contributed by atoms with Crippen LogP contribution < -0.4 is 9.47 Å². The Kier molecular flexibility index (Phi) is 5.49. The smallest absolute Gasteiger partial charge is 0.206 e. The molecule has 5 nitrogen and oxygen atoms in total. The summed E-state index contributed by atoms with van der Waals surface area (Å²) in [6.45, 7) is 0.378. The summed E-state index contributed by atoms with van der Waals surface area (Å²) < 4.78 is 12.8. The fraction of sp³-hybridized carbons (Fsp3) is 0.143. The minimum atomic E-state index is -0.136. The maximum atomic E-state index is 12.1. The fourth-order valence-electron chi connectivity index (χ4n) is 2.50. The first-order chi connectivity index (χ1) is 12.7. The Morgan fingerprint density at radius 2 is 1.96 bits per heavy atom. The maximum absolute atomic E-state index is 12.1. The van der Waals surface area contributed by atoms with Crippen molar-refractivity contribution < 1.29 is 14.3 Å². The van der Waals surface area contributed by atoms with Crippen molar-refractivity contribution in [2.24, 2.45) is 7.05 Å². The molecule has 3 rings (SSSR count). The van der Waals surface area contributed by atoms with E-state index in [1.165, 1.54) is 6.08 Å². The van der Waals surface area contributed by atoms with Crippen molar-refractivity contribution in [2.45, 2.75) is 6.61 Å². The normalized spacial score (nSPS) is 10.8. The number of allylic oxidation sites excluding steroid dienone is 1. The van der Waals surface area contributed by atoms with Crippen LogP contribution >= 0.6 is 0 Å². The van der Waals surface area contributed by atoms with Gasteiger partial charge in [-0.25, -0.2) is 0 Å². The lowest BCUT2D eigenvalue weighted by molar-refractivity contribution is 0.104. The molecule has 0 aliphatic heterocycles.